The van der Waals surface area contributed by atoms with Gasteiger partial charge in [0.1, 0.15) is 6.26 Å². The van der Waals surface area contributed by atoms with Gasteiger partial charge in [-0.15, -0.1) is 0 Å². The van der Waals surface area contributed by atoms with Gasteiger partial charge in [0.05, 0.1) is 6.04 Å². The fourth-order valence-electron chi connectivity index (χ4n) is 3.41. The summed E-state index contributed by atoms with van der Waals surface area (Å²) in [4.78, 5) is 18.6. The zero-order valence-electron chi connectivity index (χ0n) is 10.6. The number of nitrogens with one attached hydrogen (secondary N) is 1. The highest BCUT2D eigenvalue weighted by Gasteiger charge is 2.41. The normalized spacial score (nSPS) is 32.4. The van der Waals surface area contributed by atoms with Crippen molar-refractivity contribution < 1.29 is 9.21 Å². The molecule has 1 amide bonds. The van der Waals surface area contributed by atoms with Gasteiger partial charge in [0.25, 0.3) is 0 Å². The van der Waals surface area contributed by atoms with Gasteiger partial charge in [-0.3, -0.25) is 9.69 Å². The predicted octanol–water partition coefficient (Wildman–Crippen LogP) is 1.56. The van der Waals surface area contributed by atoms with E-state index in [1.807, 2.05) is 11.9 Å². The second-order valence-corrected chi connectivity index (χ2v) is 5.23. The summed E-state index contributed by atoms with van der Waals surface area (Å²) < 4.78 is 5.05. The first-order valence-electron chi connectivity index (χ1n) is 6.70. The Morgan fingerprint density at radius 2 is 2.28 bits per heavy atom. The molecule has 2 aliphatic rings. The van der Waals surface area contributed by atoms with Crippen molar-refractivity contribution in [2.75, 3.05) is 11.9 Å². The highest BCUT2D eigenvalue weighted by atomic mass is 16.3. The Kier molecular flexibility index (Phi) is 3.07. The number of rotatable bonds is 2. The topological polar surface area (TPSA) is 58.4 Å². The molecule has 1 saturated carbocycles. The van der Waals surface area contributed by atoms with Gasteiger partial charge in [-0.25, -0.2) is 0 Å². The molecular formula is C13H19N3O2. The van der Waals surface area contributed by atoms with E-state index in [4.69, 9.17) is 4.42 Å². The molecule has 0 aromatic carbocycles. The van der Waals surface area contributed by atoms with Gasteiger partial charge in [0.15, 0.2) is 12.2 Å². The molecule has 1 aliphatic carbocycles. The van der Waals surface area contributed by atoms with Crippen molar-refractivity contribution in [3.8, 4) is 0 Å². The third-order valence-electron chi connectivity index (χ3n) is 4.33. The molecule has 2 fully saturated rings. The molecule has 5 heteroatoms. The van der Waals surface area contributed by atoms with E-state index in [2.05, 4.69) is 10.3 Å². The van der Waals surface area contributed by atoms with Gasteiger partial charge in [-0.05, 0) is 38.6 Å². The average molecular weight is 249 g/mol. The average Bonchev–Trinajstić information content (AvgIpc) is 3.01. The Bertz CT molecular complexity index is 418. The van der Waals surface area contributed by atoms with Crippen LogP contribution in [0.4, 0.5) is 5.82 Å². The summed E-state index contributed by atoms with van der Waals surface area (Å²) >= 11 is 0. The highest BCUT2D eigenvalue weighted by Crippen LogP contribution is 2.38. The van der Waals surface area contributed by atoms with Crippen LogP contribution in [0.3, 0.4) is 0 Å². The minimum atomic E-state index is -0.0905. The van der Waals surface area contributed by atoms with Crippen LogP contribution in [0, 0.1) is 5.92 Å². The van der Waals surface area contributed by atoms with E-state index in [0.29, 0.717) is 17.8 Å². The van der Waals surface area contributed by atoms with Crippen molar-refractivity contribution in [3.05, 3.63) is 12.7 Å². The molecule has 1 aromatic heterocycles. The summed E-state index contributed by atoms with van der Waals surface area (Å²) in [6.45, 7) is 0. The van der Waals surface area contributed by atoms with Crippen molar-refractivity contribution in [2.24, 2.45) is 5.92 Å². The lowest BCUT2D eigenvalue weighted by Crippen LogP contribution is -2.48. The third-order valence-corrected chi connectivity index (χ3v) is 4.33. The number of oxazole rings is 1. The molecule has 0 radical (unpaired) electrons. The Hall–Kier alpha value is -1.36. The summed E-state index contributed by atoms with van der Waals surface area (Å²) in [6, 6.07) is 0.216. The maximum Gasteiger partial charge on any atom is 0.245 e. The molecule has 2 heterocycles. The fourth-order valence-corrected chi connectivity index (χ4v) is 3.41. The molecule has 3 atom stereocenters. The molecule has 5 nitrogen and oxygen atoms in total. The van der Waals surface area contributed by atoms with E-state index >= 15 is 0 Å². The highest BCUT2D eigenvalue weighted by molar-refractivity contribution is 5.97. The first-order valence-corrected chi connectivity index (χ1v) is 6.70. The Labute approximate surface area is 107 Å². The van der Waals surface area contributed by atoms with Crippen molar-refractivity contribution >= 4 is 11.7 Å². The van der Waals surface area contributed by atoms with Gasteiger partial charge >= 0.3 is 0 Å². The van der Waals surface area contributed by atoms with Crippen LogP contribution in [-0.4, -0.2) is 30.0 Å². The first-order chi connectivity index (χ1) is 8.81. The number of amides is 1. The van der Waals surface area contributed by atoms with E-state index in [0.717, 1.165) is 19.3 Å². The second-order valence-electron chi connectivity index (χ2n) is 5.23. The van der Waals surface area contributed by atoms with Crippen molar-refractivity contribution in [1.29, 1.82) is 0 Å². The molecule has 98 valence electrons. The van der Waals surface area contributed by atoms with Crippen LogP contribution in [0.5, 0.6) is 0 Å². The molecule has 1 aromatic rings. The standard InChI is InChI=1S/C13H19N3O2/c1-14-10-6-5-9-3-2-4-11(9)16(13(10)17)12-7-18-8-15-12/h7-11,14H,2-6H2,1H3. The zero-order chi connectivity index (χ0) is 12.5. The molecule has 3 rings (SSSR count). The van der Waals surface area contributed by atoms with Crippen LogP contribution >= 0.6 is 0 Å². The number of carbonyl (C=O) groups is 1. The zero-order valence-corrected chi connectivity index (χ0v) is 10.6. The molecule has 0 bridgehead atoms. The maximum atomic E-state index is 12.6. The first kappa shape index (κ1) is 11.7. The SMILES string of the molecule is CNC1CCC2CCCC2N(c2cocn2)C1=O. The number of likely N-dealkylation sites (N-methyl/N-ethyl adjacent to an activating group) is 1. The lowest BCUT2D eigenvalue weighted by atomic mass is 9.97. The lowest BCUT2D eigenvalue weighted by molar-refractivity contribution is -0.120. The number of hydrogen-bond donors (Lipinski definition) is 1. The molecule has 1 aliphatic heterocycles. The Morgan fingerprint density at radius 3 is 3.00 bits per heavy atom. The largest absolute Gasteiger partial charge is 0.449 e. The van der Waals surface area contributed by atoms with Crippen molar-refractivity contribution in [3.63, 3.8) is 0 Å². The van der Waals surface area contributed by atoms with Crippen LogP contribution in [0.25, 0.3) is 0 Å². The Morgan fingerprint density at radius 1 is 1.39 bits per heavy atom. The number of carbonyl (C=O) groups excluding carboxylic acids is 1. The molecule has 18 heavy (non-hydrogen) atoms. The van der Waals surface area contributed by atoms with E-state index in [9.17, 15) is 4.79 Å². The van der Waals surface area contributed by atoms with Crippen molar-refractivity contribution in [1.82, 2.24) is 10.3 Å². The quantitative estimate of drug-likeness (QED) is 0.864. The van der Waals surface area contributed by atoms with Gasteiger partial charge in [0.2, 0.25) is 5.91 Å². The van der Waals surface area contributed by atoms with Crippen LogP contribution in [0.15, 0.2) is 17.1 Å². The van der Waals surface area contributed by atoms with Gasteiger partial charge in [-0.2, -0.15) is 4.98 Å². The molecule has 3 unspecified atom stereocenters. The minimum absolute atomic E-state index is 0.0905. The molecule has 1 N–H and O–H groups in total. The maximum absolute atomic E-state index is 12.6. The predicted molar refractivity (Wildman–Crippen MR) is 67.2 cm³/mol. The van der Waals surface area contributed by atoms with Crippen LogP contribution in [0.2, 0.25) is 0 Å². The second kappa shape index (κ2) is 4.72. The van der Waals surface area contributed by atoms with E-state index in [1.165, 1.54) is 19.2 Å². The van der Waals surface area contributed by atoms with E-state index in [1.54, 1.807) is 6.26 Å². The summed E-state index contributed by atoms with van der Waals surface area (Å²) in [5.41, 5.74) is 0. The number of aromatic nitrogens is 1. The number of anilines is 1. The fraction of sp³-hybridized carbons (Fsp3) is 0.692. The molecule has 0 spiro atoms. The van der Waals surface area contributed by atoms with E-state index < -0.39 is 0 Å². The lowest BCUT2D eigenvalue weighted by Gasteiger charge is -2.29. The van der Waals surface area contributed by atoms with Gasteiger partial charge in [-0.1, -0.05) is 6.42 Å². The monoisotopic (exact) mass is 249 g/mol. The molecule has 1 saturated heterocycles. The summed E-state index contributed by atoms with van der Waals surface area (Å²) in [7, 11) is 1.85. The minimum Gasteiger partial charge on any atom is -0.449 e. The third kappa shape index (κ3) is 1.82. The Balaban J connectivity index is 1.96. The summed E-state index contributed by atoms with van der Waals surface area (Å²) in [5.74, 6) is 1.42. The van der Waals surface area contributed by atoms with E-state index in [-0.39, 0.29) is 11.9 Å². The van der Waals surface area contributed by atoms with Crippen LogP contribution < -0.4 is 10.2 Å². The summed E-state index contributed by atoms with van der Waals surface area (Å²) in [6.07, 6.45) is 8.53. The smallest absolute Gasteiger partial charge is 0.245 e. The number of fused-ring (bicyclic) bond motifs is 1. The van der Waals surface area contributed by atoms with Crippen LogP contribution in [0.1, 0.15) is 32.1 Å². The van der Waals surface area contributed by atoms with Gasteiger partial charge in [0, 0.05) is 6.04 Å². The summed E-state index contributed by atoms with van der Waals surface area (Å²) in [5, 5.41) is 3.13. The van der Waals surface area contributed by atoms with Gasteiger partial charge < -0.3 is 9.73 Å². The van der Waals surface area contributed by atoms with Crippen molar-refractivity contribution in [2.45, 2.75) is 44.2 Å². The van der Waals surface area contributed by atoms with Crippen LogP contribution in [-0.2, 0) is 4.79 Å². The number of nitrogens with zero attached hydrogens (tertiary/aromatic N) is 2. The number of hydrogen-bond acceptors (Lipinski definition) is 4. The molecular weight excluding hydrogens is 230 g/mol.